The van der Waals surface area contributed by atoms with Crippen molar-refractivity contribution in [2.75, 3.05) is 20.3 Å². The Balaban J connectivity index is 1.84. The molecule has 0 aliphatic rings. The normalized spacial score (nSPS) is 10.6. The van der Waals surface area contributed by atoms with Crippen molar-refractivity contribution in [1.82, 2.24) is 0 Å². The molecule has 0 saturated heterocycles. The molecule has 0 amide bonds. The van der Waals surface area contributed by atoms with Crippen molar-refractivity contribution in [3.8, 4) is 17.2 Å². The molecular weight excluding hydrogens is 316 g/mol. The lowest BCUT2D eigenvalue weighted by atomic mass is 10.0. The maximum atomic E-state index is 10.8. The van der Waals surface area contributed by atoms with E-state index in [1.54, 1.807) is 25.3 Å². The van der Waals surface area contributed by atoms with Gasteiger partial charge in [0.15, 0.2) is 11.5 Å². The zero-order valence-electron chi connectivity index (χ0n) is 15.4. The van der Waals surface area contributed by atoms with Gasteiger partial charge in [-0.1, -0.05) is 26.0 Å². The third kappa shape index (κ3) is 5.24. The molecule has 0 aliphatic carbocycles. The maximum absolute atomic E-state index is 10.8. The Kier molecular flexibility index (Phi) is 6.87. The van der Waals surface area contributed by atoms with Gasteiger partial charge in [-0.05, 0) is 48.2 Å². The Bertz CT molecular complexity index is 707. The first kappa shape index (κ1) is 18.8. The van der Waals surface area contributed by atoms with Gasteiger partial charge in [0.05, 0.1) is 20.3 Å². The molecule has 0 spiro atoms. The summed E-state index contributed by atoms with van der Waals surface area (Å²) in [6, 6.07) is 11.5. The van der Waals surface area contributed by atoms with Gasteiger partial charge in [-0.3, -0.25) is 4.79 Å². The molecule has 2 rings (SSSR count). The fraction of sp³-hybridized carbons (Fsp3) is 0.381. The average Bonchev–Trinajstić information content (AvgIpc) is 2.62. The summed E-state index contributed by atoms with van der Waals surface area (Å²) >= 11 is 0. The molecule has 134 valence electrons. The minimum absolute atomic E-state index is 0.480. The van der Waals surface area contributed by atoms with Crippen LogP contribution in [-0.2, 0) is 0 Å². The van der Waals surface area contributed by atoms with Crippen LogP contribution in [0.5, 0.6) is 17.2 Å². The summed E-state index contributed by atoms with van der Waals surface area (Å²) < 4.78 is 16.9. The number of carbonyl (C=O) groups is 1. The quantitative estimate of drug-likeness (QED) is 0.485. The van der Waals surface area contributed by atoms with E-state index in [0.29, 0.717) is 36.2 Å². The standard InChI is InChI=1S/C21H26O4/c1-15(2)18-8-6-16(3)20(13-18)25-11-5-10-24-19-9-7-17(14-22)12-21(19)23-4/h6-9,12-15H,5,10-11H2,1-4H3. The minimum atomic E-state index is 0.480. The molecule has 0 aromatic heterocycles. The number of benzene rings is 2. The van der Waals surface area contributed by atoms with Crippen LogP contribution in [0.15, 0.2) is 36.4 Å². The van der Waals surface area contributed by atoms with Crippen LogP contribution in [0.4, 0.5) is 0 Å². The molecule has 0 bridgehead atoms. The van der Waals surface area contributed by atoms with Gasteiger partial charge in [0.25, 0.3) is 0 Å². The van der Waals surface area contributed by atoms with E-state index < -0.39 is 0 Å². The summed E-state index contributed by atoms with van der Waals surface area (Å²) in [6.07, 6.45) is 1.54. The number of ether oxygens (including phenoxy) is 3. The van der Waals surface area contributed by atoms with Crippen LogP contribution >= 0.6 is 0 Å². The molecule has 0 saturated carbocycles. The highest BCUT2D eigenvalue weighted by Gasteiger charge is 2.07. The van der Waals surface area contributed by atoms with Crippen LogP contribution in [0.1, 0.15) is 47.7 Å². The van der Waals surface area contributed by atoms with Gasteiger partial charge < -0.3 is 14.2 Å². The van der Waals surface area contributed by atoms with Gasteiger partial charge in [0.1, 0.15) is 12.0 Å². The number of hydrogen-bond donors (Lipinski definition) is 0. The number of carbonyl (C=O) groups excluding carboxylic acids is 1. The van der Waals surface area contributed by atoms with Crippen molar-refractivity contribution in [1.29, 1.82) is 0 Å². The smallest absolute Gasteiger partial charge is 0.161 e. The second kappa shape index (κ2) is 9.11. The van der Waals surface area contributed by atoms with Crippen LogP contribution in [0.25, 0.3) is 0 Å². The zero-order valence-corrected chi connectivity index (χ0v) is 15.4. The number of hydrogen-bond acceptors (Lipinski definition) is 4. The van der Waals surface area contributed by atoms with E-state index in [1.165, 1.54) is 5.56 Å². The number of rotatable bonds is 9. The van der Waals surface area contributed by atoms with Crippen molar-refractivity contribution >= 4 is 6.29 Å². The predicted molar refractivity (Wildman–Crippen MR) is 99.3 cm³/mol. The Morgan fingerprint density at radius 3 is 2.32 bits per heavy atom. The van der Waals surface area contributed by atoms with Crippen molar-refractivity contribution in [3.63, 3.8) is 0 Å². The van der Waals surface area contributed by atoms with Gasteiger partial charge in [0.2, 0.25) is 0 Å². The van der Waals surface area contributed by atoms with Gasteiger partial charge in [-0.15, -0.1) is 0 Å². The van der Waals surface area contributed by atoms with Crippen LogP contribution in [0, 0.1) is 6.92 Å². The molecule has 0 unspecified atom stereocenters. The van der Waals surface area contributed by atoms with E-state index in [9.17, 15) is 4.79 Å². The van der Waals surface area contributed by atoms with Crippen molar-refractivity contribution in [2.45, 2.75) is 33.1 Å². The first-order valence-electron chi connectivity index (χ1n) is 8.54. The van der Waals surface area contributed by atoms with Crippen molar-refractivity contribution in [2.24, 2.45) is 0 Å². The average molecular weight is 342 g/mol. The predicted octanol–water partition coefficient (Wildman–Crippen LogP) is 4.79. The summed E-state index contributed by atoms with van der Waals surface area (Å²) in [4.78, 5) is 10.8. The van der Waals surface area contributed by atoms with E-state index in [1.807, 2.05) is 0 Å². The molecule has 0 heterocycles. The fourth-order valence-corrected chi connectivity index (χ4v) is 2.43. The van der Waals surface area contributed by atoms with Gasteiger partial charge in [0, 0.05) is 12.0 Å². The van der Waals surface area contributed by atoms with E-state index in [0.717, 1.165) is 24.0 Å². The Morgan fingerprint density at radius 1 is 0.960 bits per heavy atom. The van der Waals surface area contributed by atoms with Crippen molar-refractivity contribution in [3.05, 3.63) is 53.1 Å². The van der Waals surface area contributed by atoms with Crippen LogP contribution in [0.3, 0.4) is 0 Å². The SMILES string of the molecule is COc1cc(C=O)ccc1OCCCOc1cc(C(C)C)ccc1C. The molecule has 25 heavy (non-hydrogen) atoms. The highest BCUT2D eigenvalue weighted by molar-refractivity contribution is 5.76. The summed E-state index contributed by atoms with van der Waals surface area (Å²) in [5.41, 5.74) is 2.97. The third-order valence-electron chi connectivity index (χ3n) is 4.01. The van der Waals surface area contributed by atoms with E-state index in [4.69, 9.17) is 14.2 Å². The molecule has 0 N–H and O–H groups in total. The Labute approximate surface area is 149 Å². The second-order valence-electron chi connectivity index (χ2n) is 6.26. The molecule has 0 fully saturated rings. The lowest BCUT2D eigenvalue weighted by Gasteiger charge is -2.14. The van der Waals surface area contributed by atoms with E-state index in [-0.39, 0.29) is 0 Å². The van der Waals surface area contributed by atoms with Crippen LogP contribution in [-0.4, -0.2) is 26.6 Å². The zero-order chi connectivity index (χ0) is 18.2. The highest BCUT2D eigenvalue weighted by atomic mass is 16.5. The van der Waals surface area contributed by atoms with Crippen LogP contribution < -0.4 is 14.2 Å². The number of aryl methyl sites for hydroxylation is 1. The van der Waals surface area contributed by atoms with Gasteiger partial charge in [-0.2, -0.15) is 0 Å². The number of aldehydes is 1. The molecule has 2 aromatic rings. The first-order valence-corrected chi connectivity index (χ1v) is 8.54. The highest BCUT2D eigenvalue weighted by Crippen LogP contribution is 2.28. The lowest BCUT2D eigenvalue weighted by Crippen LogP contribution is -2.06. The fourth-order valence-electron chi connectivity index (χ4n) is 2.43. The summed E-state index contributed by atoms with van der Waals surface area (Å²) in [7, 11) is 1.56. The van der Waals surface area contributed by atoms with Gasteiger partial charge in [-0.25, -0.2) is 0 Å². The topological polar surface area (TPSA) is 44.8 Å². The summed E-state index contributed by atoms with van der Waals surface area (Å²) in [5, 5.41) is 0. The van der Waals surface area contributed by atoms with Crippen LogP contribution in [0.2, 0.25) is 0 Å². The minimum Gasteiger partial charge on any atom is -0.493 e. The summed E-state index contributed by atoms with van der Waals surface area (Å²) in [6.45, 7) is 7.49. The van der Waals surface area contributed by atoms with Crippen molar-refractivity contribution < 1.29 is 19.0 Å². The molecule has 0 radical (unpaired) electrons. The van der Waals surface area contributed by atoms with E-state index >= 15 is 0 Å². The van der Waals surface area contributed by atoms with Gasteiger partial charge >= 0.3 is 0 Å². The Morgan fingerprint density at radius 2 is 1.68 bits per heavy atom. The summed E-state index contributed by atoms with van der Waals surface area (Å²) in [5.74, 6) is 2.60. The molecule has 4 heteroatoms. The second-order valence-corrected chi connectivity index (χ2v) is 6.26. The maximum Gasteiger partial charge on any atom is 0.161 e. The molecule has 4 nitrogen and oxygen atoms in total. The molecular formula is C21H26O4. The molecule has 0 aliphatic heterocycles. The molecule has 0 atom stereocenters. The monoisotopic (exact) mass is 342 g/mol. The Hall–Kier alpha value is -2.49. The molecule has 2 aromatic carbocycles. The third-order valence-corrected chi connectivity index (χ3v) is 4.01. The first-order chi connectivity index (χ1) is 12.0. The number of methoxy groups -OCH3 is 1. The largest absolute Gasteiger partial charge is 0.493 e. The van der Waals surface area contributed by atoms with E-state index in [2.05, 4.69) is 39.0 Å². The lowest BCUT2D eigenvalue weighted by molar-refractivity contribution is 0.112.